The molecule has 2 aromatic rings. The second-order valence-corrected chi connectivity index (χ2v) is 7.81. The molecule has 1 amide bonds. The standard InChI is InChI=1S/C23H24N2O3/c1-22(2)18-6-4-5-7-19(18)25-15-13-20(26)24-23(22,25)14-12-16-8-10-17(11-9-16)21(27)28-3/h4-12,14H,13,15H2,1-3H3,(H,24,26). The molecule has 1 fully saturated rings. The molecule has 2 heterocycles. The van der Waals surface area contributed by atoms with Gasteiger partial charge in [0.25, 0.3) is 0 Å². The van der Waals surface area contributed by atoms with Gasteiger partial charge in [0.15, 0.2) is 0 Å². The minimum Gasteiger partial charge on any atom is -0.465 e. The van der Waals surface area contributed by atoms with Gasteiger partial charge in [0, 0.05) is 24.1 Å². The lowest BCUT2D eigenvalue weighted by molar-refractivity contribution is -0.124. The maximum atomic E-state index is 12.4. The molecule has 28 heavy (non-hydrogen) atoms. The lowest BCUT2D eigenvalue weighted by Crippen LogP contribution is -2.68. The molecule has 2 aliphatic rings. The van der Waals surface area contributed by atoms with E-state index in [1.807, 2.05) is 30.3 Å². The molecule has 0 radical (unpaired) electrons. The first-order valence-electron chi connectivity index (χ1n) is 9.45. The quantitative estimate of drug-likeness (QED) is 0.833. The lowest BCUT2D eigenvalue weighted by atomic mass is 9.74. The number of esters is 1. The smallest absolute Gasteiger partial charge is 0.337 e. The first-order valence-corrected chi connectivity index (χ1v) is 9.45. The minimum absolute atomic E-state index is 0.0582. The third kappa shape index (κ3) is 2.61. The number of rotatable bonds is 3. The van der Waals surface area contributed by atoms with E-state index in [9.17, 15) is 9.59 Å². The molecule has 1 saturated heterocycles. The monoisotopic (exact) mass is 376 g/mol. The van der Waals surface area contributed by atoms with E-state index in [0.29, 0.717) is 18.5 Å². The number of hydrogen-bond acceptors (Lipinski definition) is 4. The van der Waals surface area contributed by atoms with Crippen molar-refractivity contribution in [2.24, 2.45) is 0 Å². The fourth-order valence-electron chi connectivity index (χ4n) is 4.38. The predicted molar refractivity (Wildman–Crippen MR) is 109 cm³/mol. The van der Waals surface area contributed by atoms with Gasteiger partial charge in [-0.05, 0) is 35.4 Å². The molecule has 1 N–H and O–H groups in total. The van der Waals surface area contributed by atoms with Crippen LogP contribution in [-0.4, -0.2) is 31.2 Å². The number of nitrogens with one attached hydrogen (secondary N) is 1. The summed E-state index contributed by atoms with van der Waals surface area (Å²) in [5, 5.41) is 3.26. The number of nitrogens with zero attached hydrogens (tertiary/aromatic N) is 1. The van der Waals surface area contributed by atoms with Crippen LogP contribution in [0.2, 0.25) is 0 Å². The number of anilines is 1. The number of methoxy groups -OCH3 is 1. The summed E-state index contributed by atoms with van der Waals surface area (Å²) in [6.45, 7) is 5.02. The molecule has 2 aliphatic heterocycles. The van der Waals surface area contributed by atoms with Gasteiger partial charge in [-0.3, -0.25) is 4.79 Å². The molecule has 1 unspecified atom stereocenters. The first-order chi connectivity index (χ1) is 13.4. The fraction of sp³-hybridized carbons (Fsp3) is 0.304. The van der Waals surface area contributed by atoms with Gasteiger partial charge in [0.05, 0.1) is 12.7 Å². The first kappa shape index (κ1) is 18.3. The van der Waals surface area contributed by atoms with Crippen molar-refractivity contribution in [2.45, 2.75) is 31.3 Å². The van der Waals surface area contributed by atoms with Crippen LogP contribution in [0.1, 0.15) is 41.8 Å². The Bertz CT molecular complexity index is 962. The molecular formula is C23H24N2O3. The second kappa shape index (κ2) is 6.51. The lowest BCUT2D eigenvalue weighted by Gasteiger charge is -2.49. The van der Waals surface area contributed by atoms with Crippen LogP contribution in [0.4, 0.5) is 5.69 Å². The van der Waals surface area contributed by atoms with Crippen molar-refractivity contribution >= 4 is 23.6 Å². The number of hydrogen-bond donors (Lipinski definition) is 1. The van der Waals surface area contributed by atoms with Crippen LogP contribution in [0.15, 0.2) is 54.6 Å². The van der Waals surface area contributed by atoms with Crippen LogP contribution in [-0.2, 0) is 14.9 Å². The summed E-state index contributed by atoms with van der Waals surface area (Å²) in [6.07, 6.45) is 4.57. The molecule has 5 nitrogen and oxygen atoms in total. The van der Waals surface area contributed by atoms with E-state index < -0.39 is 5.66 Å². The van der Waals surface area contributed by atoms with Crippen molar-refractivity contribution in [1.82, 2.24) is 5.32 Å². The zero-order chi connectivity index (χ0) is 19.9. The zero-order valence-electron chi connectivity index (χ0n) is 16.4. The molecule has 0 spiro atoms. The Morgan fingerprint density at radius 3 is 2.57 bits per heavy atom. The van der Waals surface area contributed by atoms with E-state index >= 15 is 0 Å². The Balaban J connectivity index is 1.74. The van der Waals surface area contributed by atoms with Crippen LogP contribution in [0, 0.1) is 0 Å². The summed E-state index contributed by atoms with van der Waals surface area (Å²) in [5.41, 5.74) is 2.92. The van der Waals surface area contributed by atoms with Crippen LogP contribution in [0.5, 0.6) is 0 Å². The highest BCUT2D eigenvalue weighted by atomic mass is 16.5. The molecule has 5 heteroatoms. The number of para-hydroxylation sites is 1. The Hall–Kier alpha value is -3.08. The normalized spacial score (nSPS) is 22.5. The number of amides is 1. The molecule has 2 aromatic carbocycles. The molecular weight excluding hydrogens is 352 g/mol. The highest BCUT2D eigenvalue weighted by Crippen LogP contribution is 2.52. The maximum Gasteiger partial charge on any atom is 0.337 e. The Kier molecular flexibility index (Phi) is 4.26. The molecule has 0 aliphatic carbocycles. The number of carbonyl (C=O) groups is 2. The van der Waals surface area contributed by atoms with Crippen LogP contribution in [0.3, 0.4) is 0 Å². The van der Waals surface area contributed by atoms with Crippen molar-refractivity contribution in [2.75, 3.05) is 18.6 Å². The Labute approximate surface area is 165 Å². The molecule has 0 aromatic heterocycles. The third-order valence-electron chi connectivity index (χ3n) is 5.99. The van der Waals surface area contributed by atoms with Crippen molar-refractivity contribution in [3.63, 3.8) is 0 Å². The summed E-state index contributed by atoms with van der Waals surface area (Å²) in [4.78, 5) is 26.3. The average Bonchev–Trinajstić information content (AvgIpc) is 2.90. The van der Waals surface area contributed by atoms with E-state index in [0.717, 1.165) is 11.3 Å². The number of benzene rings is 2. The van der Waals surface area contributed by atoms with Crippen molar-refractivity contribution in [1.29, 1.82) is 0 Å². The fourth-order valence-corrected chi connectivity index (χ4v) is 4.38. The van der Waals surface area contributed by atoms with Crippen molar-refractivity contribution in [3.05, 3.63) is 71.3 Å². The van der Waals surface area contributed by atoms with Crippen molar-refractivity contribution < 1.29 is 14.3 Å². The summed E-state index contributed by atoms with van der Waals surface area (Å²) < 4.78 is 4.75. The van der Waals surface area contributed by atoms with Crippen LogP contribution >= 0.6 is 0 Å². The summed E-state index contributed by atoms with van der Waals surface area (Å²) in [5.74, 6) is -0.296. The summed E-state index contributed by atoms with van der Waals surface area (Å²) >= 11 is 0. The summed E-state index contributed by atoms with van der Waals surface area (Å²) in [7, 11) is 1.37. The number of carbonyl (C=O) groups excluding carboxylic acids is 2. The maximum absolute atomic E-state index is 12.4. The topological polar surface area (TPSA) is 58.6 Å². The van der Waals surface area contributed by atoms with Crippen molar-refractivity contribution in [3.8, 4) is 0 Å². The molecule has 4 rings (SSSR count). The van der Waals surface area contributed by atoms with E-state index in [2.05, 4.69) is 42.3 Å². The molecule has 1 atom stereocenters. The van der Waals surface area contributed by atoms with Gasteiger partial charge in [-0.25, -0.2) is 4.79 Å². The van der Waals surface area contributed by atoms with E-state index in [1.54, 1.807) is 12.1 Å². The van der Waals surface area contributed by atoms with E-state index in [4.69, 9.17) is 4.74 Å². The van der Waals surface area contributed by atoms with Gasteiger partial charge < -0.3 is 15.0 Å². The second-order valence-electron chi connectivity index (χ2n) is 7.81. The highest BCUT2D eigenvalue weighted by Gasteiger charge is 2.57. The van der Waals surface area contributed by atoms with Gasteiger partial charge in [-0.1, -0.05) is 50.3 Å². The van der Waals surface area contributed by atoms with Gasteiger partial charge in [-0.15, -0.1) is 0 Å². The van der Waals surface area contributed by atoms with E-state index in [1.165, 1.54) is 12.7 Å². The van der Waals surface area contributed by atoms with Gasteiger partial charge in [0.1, 0.15) is 5.66 Å². The minimum atomic E-state index is -0.632. The highest BCUT2D eigenvalue weighted by molar-refractivity contribution is 5.89. The van der Waals surface area contributed by atoms with E-state index in [-0.39, 0.29) is 17.3 Å². The van der Waals surface area contributed by atoms with Gasteiger partial charge in [-0.2, -0.15) is 0 Å². The SMILES string of the molecule is COC(=O)c1ccc(C=CC23NC(=O)CCN2c2ccccc2C3(C)C)cc1. The third-order valence-corrected chi connectivity index (χ3v) is 5.99. The largest absolute Gasteiger partial charge is 0.465 e. The number of fused-ring (bicyclic) bond motifs is 3. The van der Waals surface area contributed by atoms with Gasteiger partial charge in [0.2, 0.25) is 5.91 Å². The van der Waals surface area contributed by atoms with Crippen LogP contribution < -0.4 is 10.2 Å². The molecule has 0 saturated carbocycles. The predicted octanol–water partition coefficient (Wildman–Crippen LogP) is 3.50. The molecule has 144 valence electrons. The Morgan fingerprint density at radius 2 is 1.86 bits per heavy atom. The average molecular weight is 376 g/mol. The van der Waals surface area contributed by atoms with Gasteiger partial charge >= 0.3 is 5.97 Å². The number of ether oxygens (including phenoxy) is 1. The Morgan fingerprint density at radius 1 is 1.14 bits per heavy atom. The van der Waals surface area contributed by atoms with Crippen LogP contribution in [0.25, 0.3) is 6.08 Å². The molecule has 0 bridgehead atoms. The zero-order valence-corrected chi connectivity index (χ0v) is 16.4. The summed E-state index contributed by atoms with van der Waals surface area (Å²) in [6, 6.07) is 15.6.